The highest BCUT2D eigenvalue weighted by atomic mass is 19.1. The van der Waals surface area contributed by atoms with Gasteiger partial charge in [0.05, 0.1) is 6.42 Å². The van der Waals surface area contributed by atoms with Crippen LogP contribution in [0.3, 0.4) is 0 Å². The van der Waals surface area contributed by atoms with Gasteiger partial charge >= 0.3 is 5.97 Å². The van der Waals surface area contributed by atoms with Crippen molar-refractivity contribution < 1.29 is 14.3 Å². The Morgan fingerprint density at radius 3 is 2.58 bits per heavy atom. The highest BCUT2D eigenvalue weighted by Gasteiger charge is 2.14. The van der Waals surface area contributed by atoms with E-state index in [0.29, 0.717) is 13.1 Å². The SMILES string of the molecule is CCN(CCF)C(C)CC(=O)O. The lowest BCUT2D eigenvalue weighted by molar-refractivity contribution is -0.138. The van der Waals surface area contributed by atoms with Crippen LogP contribution in [-0.2, 0) is 4.79 Å². The van der Waals surface area contributed by atoms with Gasteiger partial charge < -0.3 is 5.11 Å². The average Bonchev–Trinajstić information content (AvgIpc) is 1.98. The van der Waals surface area contributed by atoms with Crippen molar-refractivity contribution in [2.24, 2.45) is 0 Å². The van der Waals surface area contributed by atoms with Gasteiger partial charge in [-0.3, -0.25) is 9.69 Å². The smallest absolute Gasteiger partial charge is 0.304 e. The summed E-state index contributed by atoms with van der Waals surface area (Å²) in [5.41, 5.74) is 0. The second-order valence-corrected chi connectivity index (χ2v) is 2.76. The van der Waals surface area contributed by atoms with Crippen LogP contribution in [0.5, 0.6) is 0 Å². The van der Waals surface area contributed by atoms with Gasteiger partial charge in [-0.1, -0.05) is 6.92 Å². The Balaban J connectivity index is 3.84. The zero-order valence-electron chi connectivity index (χ0n) is 7.59. The van der Waals surface area contributed by atoms with Crippen LogP contribution in [0.2, 0.25) is 0 Å². The summed E-state index contributed by atoms with van der Waals surface area (Å²) >= 11 is 0. The predicted molar refractivity (Wildman–Crippen MR) is 44.9 cm³/mol. The van der Waals surface area contributed by atoms with E-state index >= 15 is 0 Å². The van der Waals surface area contributed by atoms with Crippen LogP contribution >= 0.6 is 0 Å². The molecule has 0 radical (unpaired) electrons. The molecule has 0 heterocycles. The van der Waals surface area contributed by atoms with Crippen molar-refractivity contribution in [1.29, 1.82) is 0 Å². The van der Waals surface area contributed by atoms with Gasteiger partial charge in [-0.05, 0) is 13.5 Å². The van der Waals surface area contributed by atoms with Crippen molar-refractivity contribution in [3.63, 3.8) is 0 Å². The molecule has 0 aliphatic rings. The van der Waals surface area contributed by atoms with E-state index in [4.69, 9.17) is 5.11 Å². The molecule has 1 atom stereocenters. The first-order chi connectivity index (χ1) is 5.61. The summed E-state index contributed by atoms with van der Waals surface area (Å²) in [4.78, 5) is 12.1. The van der Waals surface area contributed by atoms with Crippen molar-refractivity contribution in [3.05, 3.63) is 0 Å². The fourth-order valence-electron chi connectivity index (χ4n) is 1.18. The molecule has 4 heteroatoms. The largest absolute Gasteiger partial charge is 0.481 e. The van der Waals surface area contributed by atoms with E-state index in [9.17, 15) is 9.18 Å². The number of carbonyl (C=O) groups is 1. The number of rotatable bonds is 6. The van der Waals surface area contributed by atoms with Gasteiger partial charge in [-0.15, -0.1) is 0 Å². The number of hydrogen-bond acceptors (Lipinski definition) is 2. The first-order valence-electron chi connectivity index (χ1n) is 4.13. The van der Waals surface area contributed by atoms with Gasteiger partial charge in [0.1, 0.15) is 6.67 Å². The molecule has 0 rings (SSSR count). The molecule has 3 nitrogen and oxygen atoms in total. The van der Waals surface area contributed by atoms with Crippen molar-refractivity contribution in [1.82, 2.24) is 4.90 Å². The van der Waals surface area contributed by atoms with Gasteiger partial charge in [-0.2, -0.15) is 0 Å². The van der Waals surface area contributed by atoms with E-state index in [-0.39, 0.29) is 12.5 Å². The lowest BCUT2D eigenvalue weighted by Crippen LogP contribution is -2.36. The molecule has 0 amide bonds. The molecule has 0 aliphatic heterocycles. The standard InChI is InChI=1S/C8H16FNO2/c1-3-10(5-4-9)7(2)6-8(11)12/h7H,3-6H2,1-2H3,(H,11,12). The molecule has 0 fully saturated rings. The van der Waals surface area contributed by atoms with Gasteiger partial charge in [0.25, 0.3) is 0 Å². The summed E-state index contributed by atoms with van der Waals surface area (Å²) in [5.74, 6) is -0.834. The van der Waals surface area contributed by atoms with E-state index in [1.54, 1.807) is 6.92 Å². The Morgan fingerprint density at radius 1 is 1.67 bits per heavy atom. The first-order valence-corrected chi connectivity index (χ1v) is 4.13. The number of carboxylic acid groups (broad SMARTS) is 1. The van der Waals surface area contributed by atoms with Crippen LogP contribution in [-0.4, -0.2) is 41.8 Å². The van der Waals surface area contributed by atoms with Crippen molar-refractivity contribution in [3.8, 4) is 0 Å². The minimum Gasteiger partial charge on any atom is -0.481 e. The third kappa shape index (κ3) is 4.28. The monoisotopic (exact) mass is 177 g/mol. The minimum absolute atomic E-state index is 0.0772. The summed E-state index contributed by atoms with van der Waals surface area (Å²) in [5, 5.41) is 8.48. The Morgan fingerprint density at radius 2 is 2.25 bits per heavy atom. The first kappa shape index (κ1) is 11.4. The second-order valence-electron chi connectivity index (χ2n) is 2.76. The molecule has 1 unspecified atom stereocenters. The number of aliphatic carboxylic acids is 1. The number of carboxylic acids is 1. The highest BCUT2D eigenvalue weighted by Crippen LogP contribution is 2.02. The molecule has 0 saturated heterocycles. The second kappa shape index (κ2) is 5.94. The van der Waals surface area contributed by atoms with E-state index in [0.717, 1.165) is 0 Å². The van der Waals surface area contributed by atoms with E-state index in [1.165, 1.54) is 0 Å². The van der Waals surface area contributed by atoms with Crippen LogP contribution in [0.25, 0.3) is 0 Å². The number of nitrogens with zero attached hydrogens (tertiary/aromatic N) is 1. The van der Waals surface area contributed by atoms with Crippen LogP contribution < -0.4 is 0 Å². The lowest BCUT2D eigenvalue weighted by Gasteiger charge is -2.25. The van der Waals surface area contributed by atoms with Crippen LogP contribution in [0.4, 0.5) is 4.39 Å². The predicted octanol–water partition coefficient (Wildman–Crippen LogP) is 1.14. The van der Waals surface area contributed by atoms with Crippen molar-refractivity contribution >= 4 is 5.97 Å². The zero-order valence-corrected chi connectivity index (χ0v) is 7.59. The van der Waals surface area contributed by atoms with Gasteiger partial charge in [0.2, 0.25) is 0 Å². The quantitative estimate of drug-likeness (QED) is 0.661. The van der Waals surface area contributed by atoms with Crippen molar-refractivity contribution in [2.75, 3.05) is 19.8 Å². The molecule has 0 aliphatic carbocycles. The Hall–Kier alpha value is -0.640. The van der Waals surface area contributed by atoms with Gasteiger partial charge in [0, 0.05) is 12.6 Å². The molecular weight excluding hydrogens is 161 g/mol. The molecule has 0 spiro atoms. The highest BCUT2D eigenvalue weighted by molar-refractivity contribution is 5.67. The van der Waals surface area contributed by atoms with Crippen LogP contribution in [0.1, 0.15) is 20.3 Å². The number of hydrogen-bond donors (Lipinski definition) is 1. The van der Waals surface area contributed by atoms with Crippen LogP contribution in [0, 0.1) is 0 Å². The Kier molecular flexibility index (Phi) is 5.62. The van der Waals surface area contributed by atoms with Crippen molar-refractivity contribution in [2.45, 2.75) is 26.3 Å². The molecule has 1 N–H and O–H groups in total. The Bertz CT molecular complexity index is 141. The summed E-state index contributed by atoms with van der Waals surface area (Å²) in [6, 6.07) is -0.0803. The van der Waals surface area contributed by atoms with Gasteiger partial charge in [0.15, 0.2) is 0 Å². The maximum atomic E-state index is 11.9. The molecule has 0 bridgehead atoms. The summed E-state index contributed by atoms with van der Waals surface area (Å²) < 4.78 is 11.9. The summed E-state index contributed by atoms with van der Waals surface area (Å²) in [6.45, 7) is 4.29. The van der Waals surface area contributed by atoms with E-state index in [2.05, 4.69) is 0 Å². The number of halogens is 1. The summed E-state index contributed by atoms with van der Waals surface area (Å²) in [7, 11) is 0. The molecule has 0 aromatic rings. The van der Waals surface area contributed by atoms with Crippen LogP contribution in [0.15, 0.2) is 0 Å². The molecule has 0 saturated carbocycles. The van der Waals surface area contributed by atoms with E-state index in [1.807, 2.05) is 11.8 Å². The Labute approximate surface area is 72.2 Å². The number of alkyl halides is 1. The third-order valence-electron chi connectivity index (χ3n) is 1.87. The normalized spacial score (nSPS) is 13.3. The maximum absolute atomic E-state index is 11.9. The summed E-state index contributed by atoms with van der Waals surface area (Å²) in [6.07, 6.45) is 0.0772. The van der Waals surface area contributed by atoms with E-state index < -0.39 is 12.6 Å². The fourth-order valence-corrected chi connectivity index (χ4v) is 1.18. The zero-order chi connectivity index (χ0) is 9.56. The molecule has 0 aromatic heterocycles. The lowest BCUT2D eigenvalue weighted by atomic mass is 10.2. The average molecular weight is 177 g/mol. The minimum atomic E-state index is -0.834. The molecule has 72 valence electrons. The third-order valence-corrected chi connectivity index (χ3v) is 1.87. The maximum Gasteiger partial charge on any atom is 0.304 e. The molecular formula is C8H16FNO2. The molecule has 12 heavy (non-hydrogen) atoms. The fraction of sp³-hybridized carbons (Fsp3) is 0.875. The topological polar surface area (TPSA) is 40.5 Å². The van der Waals surface area contributed by atoms with Gasteiger partial charge in [-0.25, -0.2) is 4.39 Å². The molecule has 0 aromatic carbocycles.